The fourth-order valence-corrected chi connectivity index (χ4v) is 0.385. The van der Waals surface area contributed by atoms with E-state index in [9.17, 15) is 8.42 Å². The van der Waals surface area contributed by atoms with E-state index in [1.807, 2.05) is 36.4 Å². The summed E-state index contributed by atoms with van der Waals surface area (Å²) in [6.07, 6.45) is 0. The third-order valence-corrected chi connectivity index (χ3v) is 1.30. The van der Waals surface area contributed by atoms with Gasteiger partial charge in [0.2, 0.25) is 0 Å². The fourth-order valence-electron chi connectivity index (χ4n) is 0.385. The molecular formula is C8H10O3S. The lowest BCUT2D eigenvalue weighted by molar-refractivity contribution is 0.494. The highest BCUT2D eigenvalue weighted by Gasteiger charge is 1.87. The van der Waals surface area contributed by atoms with Gasteiger partial charge in [0, 0.05) is 0 Å². The second-order valence-electron chi connectivity index (χ2n) is 1.84. The number of rotatable bonds is 1. The maximum Gasteiger partial charge on any atom is 0.287 e. The maximum absolute atomic E-state index is 9.44. The molecular weight excluding hydrogens is 176 g/mol. The summed E-state index contributed by atoms with van der Waals surface area (Å²) in [4.78, 5) is 0. The predicted octanol–water partition coefficient (Wildman–Crippen LogP) is 1.70. The summed E-state index contributed by atoms with van der Waals surface area (Å²) in [6.45, 7) is 2.79. The van der Waals surface area contributed by atoms with E-state index in [4.69, 9.17) is 4.55 Å². The average Bonchev–Trinajstić information content (AvgIpc) is 2.07. The Morgan fingerprint density at radius 3 is 1.25 bits per heavy atom. The summed E-state index contributed by atoms with van der Waals surface area (Å²) >= 11 is 0. The fraction of sp³-hybridized carbons (Fsp3) is 0. The number of hydrogen-bond acceptors (Lipinski definition) is 2. The zero-order valence-electron chi connectivity index (χ0n) is 6.42. The van der Waals surface area contributed by atoms with Gasteiger partial charge in [-0.25, -0.2) is 0 Å². The van der Waals surface area contributed by atoms with Crippen LogP contribution in [0, 0.1) is 0 Å². The molecule has 12 heavy (non-hydrogen) atoms. The van der Waals surface area contributed by atoms with Gasteiger partial charge in [-0.3, -0.25) is 4.55 Å². The molecule has 0 atom stereocenters. The van der Waals surface area contributed by atoms with Gasteiger partial charge in [0.05, 0.1) is 5.41 Å². The number of hydrogen-bond donors (Lipinski definition) is 1. The van der Waals surface area contributed by atoms with Crippen molar-refractivity contribution in [3.8, 4) is 0 Å². The maximum atomic E-state index is 9.44. The summed E-state index contributed by atoms with van der Waals surface area (Å²) in [5.41, 5.74) is 0. The second-order valence-corrected chi connectivity index (χ2v) is 3.20. The summed E-state index contributed by atoms with van der Waals surface area (Å²) in [6, 6.07) is 12.0. The number of benzene rings is 1. The van der Waals surface area contributed by atoms with Gasteiger partial charge in [-0.1, -0.05) is 43.0 Å². The quantitative estimate of drug-likeness (QED) is 0.679. The Hall–Kier alpha value is -1.13. The Morgan fingerprint density at radius 2 is 1.17 bits per heavy atom. The van der Waals surface area contributed by atoms with Gasteiger partial charge in [-0.15, -0.1) is 0 Å². The Kier molecular flexibility index (Phi) is 4.99. The monoisotopic (exact) mass is 186 g/mol. The Balaban J connectivity index is 0.000000202. The Labute approximate surface area is 72.1 Å². The molecule has 0 saturated heterocycles. The third kappa shape index (κ3) is 8.87. The van der Waals surface area contributed by atoms with Crippen molar-refractivity contribution in [3.05, 3.63) is 48.4 Å². The Morgan fingerprint density at radius 1 is 1.00 bits per heavy atom. The molecule has 0 heterocycles. The standard InChI is InChI=1S/C6H6.C2H4O3S/c1-2-4-6-5-3-1;1-2-6(3,4)5/h1-6H;2H,1H2,(H,3,4,5). The molecule has 66 valence electrons. The molecule has 1 rings (SSSR count). The molecule has 0 aromatic heterocycles. The van der Waals surface area contributed by atoms with Crippen LogP contribution in [0.3, 0.4) is 0 Å². The van der Waals surface area contributed by atoms with Gasteiger partial charge in [-0.2, -0.15) is 8.42 Å². The highest BCUT2D eigenvalue weighted by atomic mass is 32.2. The van der Waals surface area contributed by atoms with Gasteiger partial charge >= 0.3 is 0 Å². The van der Waals surface area contributed by atoms with Gasteiger partial charge in [0.15, 0.2) is 0 Å². The van der Waals surface area contributed by atoms with Crippen LogP contribution in [0.1, 0.15) is 0 Å². The molecule has 0 radical (unpaired) electrons. The summed E-state index contributed by atoms with van der Waals surface area (Å²) < 4.78 is 26.6. The van der Waals surface area contributed by atoms with E-state index >= 15 is 0 Å². The van der Waals surface area contributed by atoms with Crippen molar-refractivity contribution in [2.24, 2.45) is 0 Å². The minimum atomic E-state index is -3.90. The minimum Gasteiger partial charge on any atom is -0.282 e. The van der Waals surface area contributed by atoms with Crippen LogP contribution >= 0.6 is 0 Å². The molecule has 0 aliphatic carbocycles. The molecule has 1 N–H and O–H groups in total. The van der Waals surface area contributed by atoms with E-state index in [0.29, 0.717) is 5.41 Å². The van der Waals surface area contributed by atoms with Crippen LogP contribution in [0.4, 0.5) is 0 Å². The second kappa shape index (κ2) is 5.51. The average molecular weight is 186 g/mol. The SMILES string of the molecule is C=CS(=O)(=O)O.c1ccccc1. The molecule has 0 unspecified atom stereocenters. The van der Waals surface area contributed by atoms with Crippen LogP contribution < -0.4 is 0 Å². The van der Waals surface area contributed by atoms with Crippen molar-refractivity contribution in [2.45, 2.75) is 0 Å². The minimum absolute atomic E-state index is 0.465. The van der Waals surface area contributed by atoms with Gasteiger partial charge in [0.25, 0.3) is 10.1 Å². The topological polar surface area (TPSA) is 54.4 Å². The smallest absolute Gasteiger partial charge is 0.282 e. The van der Waals surface area contributed by atoms with Crippen LogP contribution in [0.5, 0.6) is 0 Å². The van der Waals surface area contributed by atoms with Crippen molar-refractivity contribution in [3.63, 3.8) is 0 Å². The molecule has 0 amide bonds. The molecule has 0 bridgehead atoms. The van der Waals surface area contributed by atoms with E-state index in [2.05, 4.69) is 6.58 Å². The molecule has 0 aliphatic heterocycles. The zero-order chi connectivity index (χ0) is 9.45. The van der Waals surface area contributed by atoms with Crippen molar-refractivity contribution in [1.29, 1.82) is 0 Å². The summed E-state index contributed by atoms with van der Waals surface area (Å²) in [7, 11) is -3.90. The van der Waals surface area contributed by atoms with Crippen molar-refractivity contribution >= 4 is 10.1 Å². The first-order valence-corrected chi connectivity index (χ1v) is 4.66. The van der Waals surface area contributed by atoms with E-state index in [1.165, 1.54) is 0 Å². The summed E-state index contributed by atoms with van der Waals surface area (Å²) in [5.74, 6) is 0. The third-order valence-electron chi connectivity index (χ3n) is 0.877. The lowest BCUT2D eigenvalue weighted by Crippen LogP contribution is -1.86. The van der Waals surface area contributed by atoms with Crippen LogP contribution in [0.15, 0.2) is 48.4 Å². The first-order chi connectivity index (χ1) is 5.56. The van der Waals surface area contributed by atoms with E-state index in [0.717, 1.165) is 0 Å². The molecule has 3 nitrogen and oxygen atoms in total. The first-order valence-electron chi connectivity index (χ1n) is 3.16. The summed E-state index contributed by atoms with van der Waals surface area (Å²) in [5, 5.41) is 0.465. The lowest BCUT2D eigenvalue weighted by atomic mass is 10.4. The van der Waals surface area contributed by atoms with Crippen LogP contribution in [0.25, 0.3) is 0 Å². The van der Waals surface area contributed by atoms with E-state index < -0.39 is 10.1 Å². The molecule has 4 heteroatoms. The first kappa shape index (κ1) is 10.9. The van der Waals surface area contributed by atoms with Gasteiger partial charge < -0.3 is 0 Å². The molecule has 1 aromatic carbocycles. The zero-order valence-corrected chi connectivity index (χ0v) is 7.24. The molecule has 0 aliphatic rings. The molecule has 0 spiro atoms. The molecule has 0 saturated carbocycles. The van der Waals surface area contributed by atoms with E-state index in [1.54, 1.807) is 0 Å². The highest BCUT2D eigenvalue weighted by molar-refractivity contribution is 7.88. The normalized spacial score (nSPS) is 9.42. The molecule has 0 fully saturated rings. The molecule has 1 aromatic rings. The predicted molar refractivity (Wildman–Crippen MR) is 48.2 cm³/mol. The van der Waals surface area contributed by atoms with Crippen LogP contribution in [-0.4, -0.2) is 13.0 Å². The van der Waals surface area contributed by atoms with Crippen molar-refractivity contribution < 1.29 is 13.0 Å². The van der Waals surface area contributed by atoms with Crippen LogP contribution in [0.2, 0.25) is 0 Å². The highest BCUT2D eigenvalue weighted by Crippen LogP contribution is 1.79. The lowest BCUT2D eigenvalue weighted by Gasteiger charge is -1.73. The van der Waals surface area contributed by atoms with Crippen LogP contribution in [-0.2, 0) is 10.1 Å². The van der Waals surface area contributed by atoms with Crippen molar-refractivity contribution in [1.82, 2.24) is 0 Å². The van der Waals surface area contributed by atoms with Gasteiger partial charge in [-0.05, 0) is 0 Å². The van der Waals surface area contributed by atoms with E-state index in [-0.39, 0.29) is 0 Å². The largest absolute Gasteiger partial charge is 0.287 e. The van der Waals surface area contributed by atoms with Gasteiger partial charge in [0.1, 0.15) is 0 Å². The Bertz CT molecular complexity index is 264. The van der Waals surface area contributed by atoms with Crippen molar-refractivity contribution in [2.75, 3.05) is 0 Å².